The van der Waals surface area contributed by atoms with Gasteiger partial charge in [-0.05, 0) is 41.1 Å². The highest BCUT2D eigenvalue weighted by atomic mass is 32.1. The molecule has 1 N–H and O–H groups in total. The summed E-state index contributed by atoms with van der Waals surface area (Å²) in [4.78, 5) is 38.3. The number of carbonyl (C=O) groups is 3. The van der Waals surface area contributed by atoms with E-state index < -0.39 is 5.97 Å². The lowest BCUT2D eigenvalue weighted by molar-refractivity contribution is -0.135. The first-order valence-corrected chi connectivity index (χ1v) is 9.24. The second-order valence-electron chi connectivity index (χ2n) is 6.12. The molecule has 0 bridgehead atoms. The lowest BCUT2D eigenvalue weighted by atomic mass is 10.1. The lowest BCUT2D eigenvalue weighted by Crippen LogP contribution is -2.38. The van der Waals surface area contributed by atoms with Crippen molar-refractivity contribution in [2.24, 2.45) is 0 Å². The third kappa shape index (κ3) is 4.49. The van der Waals surface area contributed by atoms with Crippen molar-refractivity contribution < 1.29 is 19.1 Å². The fourth-order valence-electron chi connectivity index (χ4n) is 2.75. The Balaban J connectivity index is 1.49. The third-order valence-corrected chi connectivity index (χ3v) is 5.24. The van der Waals surface area contributed by atoms with E-state index in [1.165, 1.54) is 17.4 Å². The second kappa shape index (κ2) is 8.14. The van der Waals surface area contributed by atoms with E-state index in [-0.39, 0.29) is 18.4 Å². The van der Waals surface area contributed by atoms with Crippen LogP contribution in [0.1, 0.15) is 33.3 Å². The molecule has 0 radical (unpaired) electrons. The van der Waals surface area contributed by atoms with Crippen molar-refractivity contribution in [3.8, 4) is 0 Å². The van der Waals surface area contributed by atoms with Crippen molar-refractivity contribution >= 4 is 29.1 Å². The van der Waals surface area contributed by atoms with Crippen LogP contribution in [0.2, 0.25) is 0 Å². The van der Waals surface area contributed by atoms with Gasteiger partial charge in [0.15, 0.2) is 6.61 Å². The van der Waals surface area contributed by atoms with E-state index in [0.717, 1.165) is 12.0 Å². The Labute approximate surface area is 155 Å². The highest BCUT2D eigenvalue weighted by Gasteiger charge is 2.22. The fraction of sp³-hybridized carbons (Fsp3) is 0.316. The number of nitrogens with one attached hydrogen (secondary N) is 1. The topological polar surface area (TPSA) is 75.7 Å². The van der Waals surface area contributed by atoms with Gasteiger partial charge in [0.25, 0.3) is 5.91 Å². The Hall–Kier alpha value is -2.67. The summed E-state index contributed by atoms with van der Waals surface area (Å²) in [6.07, 6.45) is 0.850. The zero-order valence-electron chi connectivity index (χ0n) is 14.5. The molecule has 3 rings (SSSR count). The molecule has 0 atom stereocenters. The summed E-state index contributed by atoms with van der Waals surface area (Å²) in [5.41, 5.74) is 2.44. The first-order chi connectivity index (χ1) is 12.5. The maximum atomic E-state index is 12.3. The van der Waals surface area contributed by atoms with Crippen molar-refractivity contribution in [2.45, 2.75) is 26.4 Å². The lowest BCUT2D eigenvalue weighted by Gasteiger charge is -2.26. The number of fused-ring (bicyclic) bond motifs is 1. The maximum Gasteiger partial charge on any atom is 0.338 e. The number of nitrogens with zero attached hydrogens (tertiary/aromatic N) is 1. The molecule has 136 valence electrons. The molecule has 0 saturated carbocycles. The normalized spacial score (nSPS) is 13.0. The molecular formula is C19H20N2O4S. The van der Waals surface area contributed by atoms with Crippen LogP contribution < -0.4 is 5.32 Å². The van der Waals surface area contributed by atoms with E-state index >= 15 is 0 Å². The predicted octanol–water partition coefficient (Wildman–Crippen LogP) is 2.13. The fourth-order valence-corrected chi connectivity index (χ4v) is 3.64. The van der Waals surface area contributed by atoms with Crippen molar-refractivity contribution in [1.29, 1.82) is 0 Å². The number of esters is 1. The highest BCUT2D eigenvalue weighted by molar-refractivity contribution is 7.10. The SMILES string of the molecule is CC(=O)NCc1ccc(C(=O)OCC(=O)N2CCc3sccc3C2)cc1. The van der Waals surface area contributed by atoms with Gasteiger partial charge < -0.3 is 15.0 Å². The maximum absolute atomic E-state index is 12.3. The van der Waals surface area contributed by atoms with Crippen molar-refractivity contribution in [3.05, 3.63) is 57.3 Å². The molecule has 7 heteroatoms. The molecule has 1 aromatic heterocycles. The Bertz CT molecular complexity index is 813. The van der Waals surface area contributed by atoms with Gasteiger partial charge in [0.1, 0.15) is 0 Å². The van der Waals surface area contributed by atoms with Crippen LogP contribution in [-0.2, 0) is 33.8 Å². The largest absolute Gasteiger partial charge is 0.452 e. The van der Waals surface area contributed by atoms with Crippen LogP contribution in [0.4, 0.5) is 0 Å². The summed E-state index contributed by atoms with van der Waals surface area (Å²) in [5, 5.41) is 4.72. The van der Waals surface area contributed by atoms with Crippen LogP contribution in [0, 0.1) is 0 Å². The summed E-state index contributed by atoms with van der Waals surface area (Å²) >= 11 is 1.71. The first kappa shape index (κ1) is 18.1. The average molecular weight is 372 g/mol. The van der Waals surface area contributed by atoms with E-state index in [1.54, 1.807) is 40.5 Å². The molecule has 0 aliphatic carbocycles. The van der Waals surface area contributed by atoms with Crippen LogP contribution in [0.25, 0.3) is 0 Å². The van der Waals surface area contributed by atoms with Crippen molar-refractivity contribution in [3.63, 3.8) is 0 Å². The third-order valence-electron chi connectivity index (χ3n) is 4.22. The zero-order chi connectivity index (χ0) is 18.5. The summed E-state index contributed by atoms with van der Waals surface area (Å²) in [6, 6.07) is 8.78. The summed E-state index contributed by atoms with van der Waals surface area (Å²) in [7, 11) is 0. The van der Waals surface area contributed by atoms with E-state index in [1.807, 2.05) is 11.4 Å². The molecule has 0 saturated heterocycles. The van der Waals surface area contributed by atoms with Gasteiger partial charge in [0.2, 0.25) is 5.91 Å². The van der Waals surface area contributed by atoms with Gasteiger partial charge in [0, 0.05) is 31.4 Å². The monoisotopic (exact) mass is 372 g/mol. The molecule has 1 aliphatic heterocycles. The Morgan fingerprint density at radius 2 is 1.96 bits per heavy atom. The summed E-state index contributed by atoms with van der Waals surface area (Å²) in [6.45, 7) is 2.83. The molecule has 0 spiro atoms. The van der Waals surface area contributed by atoms with Crippen LogP contribution >= 0.6 is 11.3 Å². The average Bonchev–Trinajstić information content (AvgIpc) is 3.12. The van der Waals surface area contributed by atoms with Crippen LogP contribution in [-0.4, -0.2) is 35.8 Å². The van der Waals surface area contributed by atoms with Gasteiger partial charge in [-0.15, -0.1) is 11.3 Å². The minimum atomic E-state index is -0.530. The number of hydrogen-bond donors (Lipinski definition) is 1. The molecule has 0 fully saturated rings. The number of amides is 2. The van der Waals surface area contributed by atoms with Crippen LogP contribution in [0.3, 0.4) is 0 Å². The van der Waals surface area contributed by atoms with Crippen molar-refractivity contribution in [2.75, 3.05) is 13.2 Å². The van der Waals surface area contributed by atoms with Crippen LogP contribution in [0.15, 0.2) is 35.7 Å². The number of ether oxygens (including phenoxy) is 1. The minimum Gasteiger partial charge on any atom is -0.452 e. The molecule has 0 unspecified atom stereocenters. The van der Waals surface area contributed by atoms with E-state index in [2.05, 4.69) is 5.32 Å². The predicted molar refractivity (Wildman–Crippen MR) is 97.7 cm³/mol. The Kier molecular flexibility index (Phi) is 5.68. The Morgan fingerprint density at radius 3 is 2.69 bits per heavy atom. The molecule has 2 heterocycles. The molecule has 6 nitrogen and oxygen atoms in total. The van der Waals surface area contributed by atoms with Gasteiger partial charge in [-0.1, -0.05) is 12.1 Å². The molecule has 2 aromatic rings. The second-order valence-corrected chi connectivity index (χ2v) is 7.12. The molecule has 2 amide bonds. The first-order valence-electron chi connectivity index (χ1n) is 8.36. The molecule has 1 aromatic carbocycles. The molecule has 1 aliphatic rings. The van der Waals surface area contributed by atoms with E-state index in [9.17, 15) is 14.4 Å². The number of benzene rings is 1. The highest BCUT2D eigenvalue weighted by Crippen LogP contribution is 2.24. The van der Waals surface area contributed by atoms with E-state index in [0.29, 0.717) is 25.2 Å². The number of hydrogen-bond acceptors (Lipinski definition) is 5. The van der Waals surface area contributed by atoms with Gasteiger partial charge in [0.05, 0.1) is 5.56 Å². The number of thiophene rings is 1. The van der Waals surface area contributed by atoms with Gasteiger partial charge in [-0.2, -0.15) is 0 Å². The summed E-state index contributed by atoms with van der Waals surface area (Å²) in [5.74, 6) is -0.825. The number of carbonyl (C=O) groups excluding carboxylic acids is 3. The van der Waals surface area contributed by atoms with Gasteiger partial charge in [-0.25, -0.2) is 4.79 Å². The van der Waals surface area contributed by atoms with Crippen molar-refractivity contribution in [1.82, 2.24) is 10.2 Å². The van der Waals surface area contributed by atoms with E-state index in [4.69, 9.17) is 4.74 Å². The molecule has 26 heavy (non-hydrogen) atoms. The summed E-state index contributed by atoms with van der Waals surface area (Å²) < 4.78 is 5.15. The van der Waals surface area contributed by atoms with Gasteiger partial charge in [-0.3, -0.25) is 9.59 Å². The number of rotatable bonds is 5. The zero-order valence-corrected chi connectivity index (χ0v) is 15.3. The molecular weight excluding hydrogens is 352 g/mol. The standard InChI is InChI=1S/C19H20N2O4S/c1-13(22)20-10-14-2-4-15(5-3-14)19(24)25-12-18(23)21-8-6-17-16(11-21)7-9-26-17/h2-5,7,9H,6,8,10-12H2,1H3,(H,20,22). The minimum absolute atomic E-state index is 0.112. The van der Waals surface area contributed by atoms with Crippen LogP contribution in [0.5, 0.6) is 0 Å². The smallest absolute Gasteiger partial charge is 0.338 e. The Morgan fingerprint density at radius 1 is 1.19 bits per heavy atom. The quantitative estimate of drug-likeness (QED) is 0.816. The van der Waals surface area contributed by atoms with Gasteiger partial charge >= 0.3 is 5.97 Å².